The number of aryl methyl sites for hydroxylation is 1. The third kappa shape index (κ3) is 4.21. The number of nitrogens with two attached hydrogens (primary N) is 1. The first kappa shape index (κ1) is 19.6. The number of nitrogens with one attached hydrogen (secondary N) is 2. The van der Waals surface area contributed by atoms with Crippen LogP contribution in [0.15, 0.2) is 42.3 Å². The van der Waals surface area contributed by atoms with E-state index in [1.165, 1.54) is 11.3 Å². The molecular weight excluding hydrogens is 402 g/mol. The predicted octanol–water partition coefficient (Wildman–Crippen LogP) is 3.00. The highest BCUT2D eigenvalue weighted by molar-refractivity contribution is 7.12. The molecule has 3 amide bonds. The Kier molecular flexibility index (Phi) is 5.76. The number of rotatable bonds is 7. The van der Waals surface area contributed by atoms with Gasteiger partial charge in [0.2, 0.25) is 17.8 Å². The molecule has 0 aliphatic rings. The summed E-state index contributed by atoms with van der Waals surface area (Å²) in [5, 5.41) is 7.40. The summed E-state index contributed by atoms with van der Waals surface area (Å²) >= 11 is 7.44. The van der Waals surface area contributed by atoms with Gasteiger partial charge in [-0.25, -0.2) is 4.98 Å². The zero-order chi connectivity index (χ0) is 20.3. The highest BCUT2D eigenvalue weighted by Gasteiger charge is 2.18. The molecular formula is C18H16ClN5O3S. The second-order valence-corrected chi connectivity index (χ2v) is 7.08. The topological polar surface area (TPSA) is 119 Å². The summed E-state index contributed by atoms with van der Waals surface area (Å²) in [6.45, 7) is 3.60. The molecule has 0 atom stereocenters. The number of primary amides is 1. The molecule has 0 radical (unpaired) electrons. The summed E-state index contributed by atoms with van der Waals surface area (Å²) in [6.07, 6.45) is 1.21. The maximum absolute atomic E-state index is 12.6. The maximum atomic E-state index is 12.6. The first-order valence-electron chi connectivity index (χ1n) is 8.15. The van der Waals surface area contributed by atoms with Crippen LogP contribution < -0.4 is 16.4 Å². The normalized spacial score (nSPS) is 10.6. The van der Waals surface area contributed by atoms with Crippen LogP contribution in [0.2, 0.25) is 5.02 Å². The Morgan fingerprint density at radius 1 is 1.32 bits per heavy atom. The van der Waals surface area contributed by atoms with Gasteiger partial charge in [-0.15, -0.1) is 11.3 Å². The largest absolute Gasteiger partial charge is 0.370 e. The van der Waals surface area contributed by atoms with Crippen LogP contribution in [0.25, 0.3) is 11.0 Å². The molecule has 0 unspecified atom stereocenters. The molecule has 0 spiro atoms. The molecule has 4 N–H and O–H groups in total. The third-order valence-corrected chi connectivity index (χ3v) is 5.03. The summed E-state index contributed by atoms with van der Waals surface area (Å²) < 4.78 is 1.65. The van der Waals surface area contributed by atoms with Gasteiger partial charge >= 0.3 is 0 Å². The van der Waals surface area contributed by atoms with Crippen LogP contribution in [-0.4, -0.2) is 27.3 Å². The van der Waals surface area contributed by atoms with E-state index in [9.17, 15) is 14.4 Å². The molecule has 28 heavy (non-hydrogen) atoms. The summed E-state index contributed by atoms with van der Waals surface area (Å²) in [4.78, 5) is 40.0. The van der Waals surface area contributed by atoms with E-state index < -0.39 is 11.8 Å². The number of carbonyl (C=O) groups is 3. The molecule has 144 valence electrons. The lowest BCUT2D eigenvalue weighted by Gasteiger charge is -2.09. The molecule has 10 heteroatoms. The Morgan fingerprint density at radius 2 is 2.11 bits per heavy atom. The zero-order valence-electron chi connectivity index (χ0n) is 14.6. The fourth-order valence-corrected chi connectivity index (χ4v) is 3.56. The van der Waals surface area contributed by atoms with Crippen LogP contribution in [-0.2, 0) is 16.1 Å². The Hall–Kier alpha value is -3.17. The van der Waals surface area contributed by atoms with Crippen molar-refractivity contribution in [3.8, 4) is 0 Å². The minimum Gasteiger partial charge on any atom is -0.370 e. The lowest BCUT2D eigenvalue weighted by molar-refractivity contribution is -0.118. The summed E-state index contributed by atoms with van der Waals surface area (Å²) in [5.74, 6) is -1.00. The summed E-state index contributed by atoms with van der Waals surface area (Å²) in [6, 6.07) is 6.75. The van der Waals surface area contributed by atoms with Crippen molar-refractivity contribution in [1.29, 1.82) is 0 Å². The van der Waals surface area contributed by atoms with Crippen molar-refractivity contribution < 1.29 is 14.4 Å². The number of para-hydroxylation sites is 1. The summed E-state index contributed by atoms with van der Waals surface area (Å²) in [7, 11) is 0. The quantitative estimate of drug-likeness (QED) is 0.512. The lowest BCUT2D eigenvalue weighted by Crippen LogP contribution is -2.18. The third-order valence-electron chi connectivity index (χ3n) is 3.80. The average molecular weight is 418 g/mol. The SMILES string of the molecule is C=CC(=O)Nc1csc(C(=O)Nc2nc3cccc(Cl)c3n2CCC(N)=O)c1. The van der Waals surface area contributed by atoms with Crippen molar-refractivity contribution in [2.75, 3.05) is 10.6 Å². The number of fused-ring (bicyclic) bond motifs is 1. The lowest BCUT2D eigenvalue weighted by atomic mass is 10.3. The number of halogens is 1. The summed E-state index contributed by atoms with van der Waals surface area (Å²) in [5.41, 5.74) is 6.93. The highest BCUT2D eigenvalue weighted by atomic mass is 35.5. The van der Waals surface area contributed by atoms with Gasteiger partial charge in [0.05, 0.1) is 26.6 Å². The first-order chi connectivity index (χ1) is 13.4. The molecule has 3 rings (SSSR count). The molecule has 0 bridgehead atoms. The molecule has 8 nitrogen and oxygen atoms in total. The Bertz CT molecular complexity index is 1090. The first-order valence-corrected chi connectivity index (χ1v) is 9.41. The van der Waals surface area contributed by atoms with Gasteiger partial charge in [0.15, 0.2) is 0 Å². The van der Waals surface area contributed by atoms with Crippen molar-refractivity contribution in [1.82, 2.24) is 9.55 Å². The Labute approximate surface area is 169 Å². The highest BCUT2D eigenvalue weighted by Crippen LogP contribution is 2.28. The molecule has 0 saturated carbocycles. The smallest absolute Gasteiger partial charge is 0.268 e. The minimum absolute atomic E-state index is 0.0658. The number of nitrogens with zero attached hydrogens (tertiary/aromatic N) is 2. The van der Waals surface area contributed by atoms with Gasteiger partial charge in [0, 0.05) is 18.3 Å². The molecule has 0 aliphatic carbocycles. The van der Waals surface area contributed by atoms with E-state index in [0.717, 1.165) is 6.08 Å². The zero-order valence-corrected chi connectivity index (χ0v) is 16.1. The van der Waals surface area contributed by atoms with Gasteiger partial charge in [-0.3, -0.25) is 19.7 Å². The average Bonchev–Trinajstić information content (AvgIpc) is 3.25. The monoisotopic (exact) mass is 417 g/mol. The van der Waals surface area contributed by atoms with Crippen molar-refractivity contribution in [3.05, 3.63) is 52.2 Å². The van der Waals surface area contributed by atoms with E-state index in [0.29, 0.717) is 26.6 Å². The van der Waals surface area contributed by atoms with Crippen LogP contribution in [0, 0.1) is 0 Å². The molecule has 0 fully saturated rings. The van der Waals surface area contributed by atoms with E-state index in [4.69, 9.17) is 17.3 Å². The van der Waals surface area contributed by atoms with Gasteiger partial charge in [-0.2, -0.15) is 0 Å². The Balaban J connectivity index is 1.88. The van der Waals surface area contributed by atoms with Crippen molar-refractivity contribution in [3.63, 3.8) is 0 Å². The van der Waals surface area contributed by atoms with Gasteiger partial charge in [-0.05, 0) is 24.3 Å². The van der Waals surface area contributed by atoms with Crippen molar-refractivity contribution in [2.24, 2.45) is 5.73 Å². The molecule has 0 aliphatic heterocycles. The van der Waals surface area contributed by atoms with Crippen LogP contribution in [0.4, 0.5) is 11.6 Å². The number of imidazole rings is 1. The second kappa shape index (κ2) is 8.24. The minimum atomic E-state index is -0.480. The predicted molar refractivity (Wildman–Crippen MR) is 110 cm³/mol. The molecule has 2 heterocycles. The molecule has 0 saturated heterocycles. The number of benzene rings is 1. The van der Waals surface area contributed by atoms with Gasteiger partial charge in [0.25, 0.3) is 5.91 Å². The van der Waals surface area contributed by atoms with E-state index in [-0.39, 0.29) is 24.8 Å². The van der Waals surface area contributed by atoms with Crippen LogP contribution in [0.3, 0.4) is 0 Å². The van der Waals surface area contributed by atoms with Crippen LogP contribution in [0.5, 0.6) is 0 Å². The number of hydrogen-bond acceptors (Lipinski definition) is 5. The van der Waals surface area contributed by atoms with Crippen LogP contribution >= 0.6 is 22.9 Å². The Morgan fingerprint density at radius 3 is 2.82 bits per heavy atom. The molecule has 2 aromatic heterocycles. The number of amides is 3. The van der Waals surface area contributed by atoms with Gasteiger partial charge < -0.3 is 15.6 Å². The molecule has 3 aromatic rings. The fourth-order valence-electron chi connectivity index (χ4n) is 2.55. The number of thiophene rings is 1. The second-order valence-electron chi connectivity index (χ2n) is 5.76. The number of carbonyl (C=O) groups excluding carboxylic acids is 3. The van der Waals surface area contributed by atoms with Gasteiger partial charge in [-0.1, -0.05) is 24.2 Å². The standard InChI is InChI=1S/C18H16ClN5O3S/c1-2-15(26)21-10-8-13(28-9-10)17(27)23-18-22-12-5-3-4-11(19)16(12)24(18)7-6-14(20)25/h2-5,8-9H,1,6-7H2,(H2,20,25)(H,21,26)(H,22,23,27). The van der Waals surface area contributed by atoms with E-state index in [2.05, 4.69) is 22.2 Å². The number of anilines is 2. The van der Waals surface area contributed by atoms with E-state index in [1.54, 1.807) is 34.2 Å². The van der Waals surface area contributed by atoms with Crippen molar-refractivity contribution in [2.45, 2.75) is 13.0 Å². The van der Waals surface area contributed by atoms with E-state index in [1.807, 2.05) is 0 Å². The number of aromatic nitrogens is 2. The van der Waals surface area contributed by atoms with Gasteiger partial charge in [0.1, 0.15) is 0 Å². The molecule has 1 aromatic carbocycles. The van der Waals surface area contributed by atoms with Crippen molar-refractivity contribution >= 4 is 63.3 Å². The van der Waals surface area contributed by atoms with E-state index >= 15 is 0 Å². The maximum Gasteiger partial charge on any atom is 0.268 e. The van der Waals surface area contributed by atoms with Crippen LogP contribution in [0.1, 0.15) is 16.1 Å². The number of hydrogen-bond donors (Lipinski definition) is 3. The fraction of sp³-hybridized carbons (Fsp3) is 0.111.